The summed E-state index contributed by atoms with van der Waals surface area (Å²) in [6, 6.07) is 4.02. The summed E-state index contributed by atoms with van der Waals surface area (Å²) >= 11 is 0. The average molecular weight is 235 g/mol. The Labute approximate surface area is 96.9 Å². The van der Waals surface area contributed by atoms with Gasteiger partial charge in [0.15, 0.2) is 17.4 Å². The van der Waals surface area contributed by atoms with Gasteiger partial charge in [-0.3, -0.25) is 9.48 Å². The maximum atomic E-state index is 13.4. The van der Waals surface area contributed by atoms with E-state index in [1.165, 1.54) is 23.1 Å². The lowest BCUT2D eigenvalue weighted by atomic mass is 10.2. The van der Waals surface area contributed by atoms with Gasteiger partial charge in [0, 0.05) is 12.6 Å². The first-order valence-corrected chi connectivity index (χ1v) is 4.91. The van der Waals surface area contributed by atoms with Gasteiger partial charge in [0.05, 0.1) is 0 Å². The summed E-state index contributed by atoms with van der Waals surface area (Å²) in [5, 5.41) is 3.86. The van der Waals surface area contributed by atoms with Crippen molar-refractivity contribution in [3.05, 3.63) is 41.7 Å². The molecular weight excluding hydrogens is 225 g/mol. The monoisotopic (exact) mass is 235 g/mol. The molecule has 0 saturated heterocycles. The van der Waals surface area contributed by atoms with E-state index in [0.29, 0.717) is 12.1 Å². The minimum Gasteiger partial charge on any atom is -0.483 e. The van der Waals surface area contributed by atoms with Crippen molar-refractivity contribution in [3.8, 4) is 5.75 Å². The van der Waals surface area contributed by atoms with Gasteiger partial charge in [0.2, 0.25) is 0 Å². The third kappa shape index (κ3) is 2.47. The van der Waals surface area contributed by atoms with Gasteiger partial charge >= 0.3 is 0 Å². The lowest BCUT2D eigenvalue weighted by molar-refractivity contribution is 0.112. The van der Waals surface area contributed by atoms with Crippen molar-refractivity contribution in [2.75, 3.05) is 0 Å². The molecule has 88 valence electrons. The Morgan fingerprint density at radius 2 is 2.35 bits per heavy atom. The molecule has 0 fully saturated rings. The molecule has 0 aliphatic heterocycles. The maximum absolute atomic E-state index is 13.4. The van der Waals surface area contributed by atoms with Crippen LogP contribution in [0.15, 0.2) is 24.5 Å². The van der Waals surface area contributed by atoms with Crippen LogP contribution in [-0.2, 0) is 13.7 Å². The number of benzene rings is 1. The molecule has 0 N–H and O–H groups in total. The zero-order valence-electron chi connectivity index (χ0n) is 9.13. The van der Waals surface area contributed by atoms with E-state index in [1.54, 1.807) is 7.05 Å². The summed E-state index contributed by atoms with van der Waals surface area (Å²) < 4.78 is 20.2. The molecule has 0 radical (unpaired) electrons. The van der Waals surface area contributed by atoms with Gasteiger partial charge in [-0.05, 0) is 18.2 Å². The Balaban J connectivity index is 2.09. The van der Waals surface area contributed by atoms with Crippen LogP contribution in [0.4, 0.5) is 4.39 Å². The topological polar surface area (TPSA) is 57.0 Å². The molecule has 0 unspecified atom stereocenters. The van der Waals surface area contributed by atoms with Crippen molar-refractivity contribution in [1.82, 2.24) is 14.8 Å². The highest BCUT2D eigenvalue weighted by Gasteiger charge is 2.07. The first-order chi connectivity index (χ1) is 8.20. The lowest BCUT2D eigenvalue weighted by Crippen LogP contribution is -2.05. The second-order valence-corrected chi connectivity index (χ2v) is 3.40. The largest absolute Gasteiger partial charge is 0.483 e. The van der Waals surface area contributed by atoms with Crippen molar-refractivity contribution in [2.24, 2.45) is 7.05 Å². The second kappa shape index (κ2) is 4.73. The predicted molar refractivity (Wildman–Crippen MR) is 57.1 cm³/mol. The number of nitrogens with zero attached hydrogens (tertiary/aromatic N) is 3. The number of carbonyl (C=O) groups excluding carboxylic acids is 1. The third-order valence-corrected chi connectivity index (χ3v) is 2.25. The molecule has 1 aromatic carbocycles. The van der Waals surface area contributed by atoms with Crippen LogP contribution in [0.25, 0.3) is 0 Å². The Kier molecular flexibility index (Phi) is 3.13. The first-order valence-electron chi connectivity index (χ1n) is 4.91. The van der Waals surface area contributed by atoms with E-state index >= 15 is 0 Å². The van der Waals surface area contributed by atoms with Crippen LogP contribution in [0.5, 0.6) is 5.75 Å². The second-order valence-electron chi connectivity index (χ2n) is 3.40. The summed E-state index contributed by atoms with van der Waals surface area (Å²) in [6.07, 6.45) is 1.97. The molecule has 0 aliphatic rings. The fourth-order valence-electron chi connectivity index (χ4n) is 1.30. The molecule has 1 aromatic heterocycles. The number of aldehydes is 1. The molecule has 2 rings (SSSR count). The smallest absolute Gasteiger partial charge is 0.165 e. The SMILES string of the molecule is Cn1ncnc1COc1ccc(C=O)cc1F. The number of hydrogen-bond acceptors (Lipinski definition) is 4. The summed E-state index contributed by atoms with van der Waals surface area (Å²) in [7, 11) is 1.72. The quantitative estimate of drug-likeness (QED) is 0.750. The van der Waals surface area contributed by atoms with E-state index in [0.717, 1.165) is 6.07 Å². The van der Waals surface area contributed by atoms with E-state index in [9.17, 15) is 9.18 Å². The molecular formula is C11H10FN3O2. The van der Waals surface area contributed by atoms with Crippen LogP contribution >= 0.6 is 0 Å². The molecule has 0 saturated carbocycles. The highest BCUT2D eigenvalue weighted by atomic mass is 19.1. The number of rotatable bonds is 4. The number of ether oxygens (including phenoxy) is 1. The van der Waals surface area contributed by atoms with Crippen molar-refractivity contribution < 1.29 is 13.9 Å². The number of carbonyl (C=O) groups is 1. The number of hydrogen-bond donors (Lipinski definition) is 0. The molecule has 2 aromatic rings. The summed E-state index contributed by atoms with van der Waals surface area (Å²) in [5.41, 5.74) is 0.272. The van der Waals surface area contributed by atoms with Gasteiger partial charge in [-0.1, -0.05) is 0 Å². The zero-order chi connectivity index (χ0) is 12.3. The molecule has 0 bridgehead atoms. The van der Waals surface area contributed by atoms with Crippen LogP contribution in [0.2, 0.25) is 0 Å². The third-order valence-electron chi connectivity index (χ3n) is 2.25. The van der Waals surface area contributed by atoms with Crippen LogP contribution in [0, 0.1) is 5.82 Å². The molecule has 1 heterocycles. The van der Waals surface area contributed by atoms with E-state index in [1.807, 2.05) is 0 Å². The van der Waals surface area contributed by atoms with Crippen LogP contribution in [0.3, 0.4) is 0 Å². The fourth-order valence-corrected chi connectivity index (χ4v) is 1.30. The van der Waals surface area contributed by atoms with Gasteiger partial charge in [0.1, 0.15) is 19.2 Å². The zero-order valence-corrected chi connectivity index (χ0v) is 9.13. The molecule has 0 amide bonds. The van der Waals surface area contributed by atoms with Crippen molar-refractivity contribution in [3.63, 3.8) is 0 Å². The van der Waals surface area contributed by atoms with Crippen molar-refractivity contribution in [2.45, 2.75) is 6.61 Å². The summed E-state index contributed by atoms with van der Waals surface area (Å²) in [5.74, 6) is 0.0965. The Morgan fingerprint density at radius 3 is 2.94 bits per heavy atom. The minimum absolute atomic E-state index is 0.0820. The van der Waals surface area contributed by atoms with Gasteiger partial charge in [-0.2, -0.15) is 5.10 Å². The Morgan fingerprint density at radius 1 is 1.53 bits per heavy atom. The number of aromatic nitrogens is 3. The molecule has 5 nitrogen and oxygen atoms in total. The molecule has 0 atom stereocenters. The standard InChI is InChI=1S/C11H10FN3O2/c1-15-11(13-7-14-15)6-17-10-3-2-8(5-16)4-9(10)12/h2-5,7H,6H2,1H3. The first kappa shape index (κ1) is 11.3. The van der Waals surface area contributed by atoms with Gasteiger partial charge in [-0.25, -0.2) is 9.37 Å². The van der Waals surface area contributed by atoms with Crippen molar-refractivity contribution >= 4 is 6.29 Å². The van der Waals surface area contributed by atoms with Crippen LogP contribution < -0.4 is 4.74 Å². The average Bonchev–Trinajstić information content (AvgIpc) is 2.73. The van der Waals surface area contributed by atoms with Gasteiger partial charge in [-0.15, -0.1) is 0 Å². The van der Waals surface area contributed by atoms with Crippen molar-refractivity contribution in [1.29, 1.82) is 0 Å². The minimum atomic E-state index is -0.572. The van der Waals surface area contributed by atoms with Gasteiger partial charge in [0.25, 0.3) is 0 Å². The summed E-state index contributed by atoms with van der Waals surface area (Å²) in [4.78, 5) is 14.4. The highest BCUT2D eigenvalue weighted by Crippen LogP contribution is 2.18. The lowest BCUT2D eigenvalue weighted by Gasteiger charge is -2.06. The Hall–Kier alpha value is -2.24. The highest BCUT2D eigenvalue weighted by molar-refractivity contribution is 5.74. The molecule has 0 spiro atoms. The van der Waals surface area contributed by atoms with E-state index in [-0.39, 0.29) is 17.9 Å². The number of halogens is 1. The molecule has 0 aliphatic carbocycles. The maximum Gasteiger partial charge on any atom is 0.165 e. The van der Waals surface area contributed by atoms with Crippen LogP contribution in [0.1, 0.15) is 16.2 Å². The van der Waals surface area contributed by atoms with Crippen LogP contribution in [-0.4, -0.2) is 21.1 Å². The van der Waals surface area contributed by atoms with E-state index in [2.05, 4.69) is 10.1 Å². The normalized spacial score (nSPS) is 10.2. The fraction of sp³-hybridized carbons (Fsp3) is 0.182. The van der Waals surface area contributed by atoms with E-state index in [4.69, 9.17) is 4.74 Å². The number of aryl methyl sites for hydroxylation is 1. The Bertz CT molecular complexity index is 539. The van der Waals surface area contributed by atoms with Gasteiger partial charge < -0.3 is 4.74 Å². The summed E-state index contributed by atoms with van der Waals surface area (Å²) in [6.45, 7) is 0.119. The van der Waals surface area contributed by atoms with E-state index < -0.39 is 5.82 Å². The molecule has 17 heavy (non-hydrogen) atoms. The predicted octanol–water partition coefficient (Wildman–Crippen LogP) is 1.35. The molecule has 6 heteroatoms.